The van der Waals surface area contributed by atoms with Crippen molar-refractivity contribution in [3.8, 4) is 5.75 Å². The molecule has 0 bridgehead atoms. The Morgan fingerprint density at radius 3 is 2.87 bits per heavy atom. The monoisotopic (exact) mass is 203 g/mol. The van der Waals surface area contributed by atoms with E-state index in [0.29, 0.717) is 0 Å². The number of aldehydes is 1. The quantitative estimate of drug-likeness (QED) is 0.717. The summed E-state index contributed by atoms with van der Waals surface area (Å²) in [6.07, 6.45) is 2.76. The van der Waals surface area contributed by atoms with Crippen molar-refractivity contribution in [1.29, 1.82) is 0 Å². The van der Waals surface area contributed by atoms with Crippen molar-refractivity contribution < 1.29 is 9.53 Å². The lowest BCUT2D eigenvalue weighted by atomic mass is 10.2. The average Bonchev–Trinajstić information content (AvgIpc) is 2.65. The smallest absolute Gasteiger partial charge is 0.152 e. The van der Waals surface area contributed by atoms with Gasteiger partial charge in [-0.2, -0.15) is 0 Å². The Labute approximate surface area is 88.3 Å². The maximum absolute atomic E-state index is 10.9. The van der Waals surface area contributed by atoms with E-state index >= 15 is 0 Å². The molecular formula is C12H13NO2. The number of fused-ring (bicyclic) bond motifs is 1. The van der Waals surface area contributed by atoms with Gasteiger partial charge in [0.2, 0.25) is 0 Å². The van der Waals surface area contributed by atoms with Gasteiger partial charge in [-0.1, -0.05) is 0 Å². The molecule has 1 heterocycles. The molecule has 2 aromatic rings. The van der Waals surface area contributed by atoms with E-state index in [0.717, 1.165) is 35.0 Å². The lowest BCUT2D eigenvalue weighted by Crippen LogP contribution is -1.91. The van der Waals surface area contributed by atoms with Crippen LogP contribution >= 0.6 is 0 Å². The topological polar surface area (TPSA) is 31.2 Å². The molecule has 2 rings (SSSR count). The normalized spacial score (nSPS) is 10.5. The van der Waals surface area contributed by atoms with Crippen molar-refractivity contribution in [3.05, 3.63) is 30.0 Å². The number of nitrogens with zero attached hydrogens (tertiary/aromatic N) is 1. The van der Waals surface area contributed by atoms with E-state index in [1.54, 1.807) is 7.11 Å². The molecule has 0 spiro atoms. The van der Waals surface area contributed by atoms with Crippen molar-refractivity contribution in [1.82, 2.24) is 4.57 Å². The van der Waals surface area contributed by atoms with Crippen LogP contribution in [-0.2, 0) is 6.54 Å². The minimum absolute atomic E-state index is 0.731. The number of ether oxygens (including phenoxy) is 1. The van der Waals surface area contributed by atoms with Gasteiger partial charge in [-0.05, 0) is 19.1 Å². The SMILES string of the molecule is CCn1cc(C=O)c2ccc(OC)cc21. The number of aromatic nitrogens is 1. The highest BCUT2D eigenvalue weighted by atomic mass is 16.5. The van der Waals surface area contributed by atoms with Crippen LogP contribution in [0.15, 0.2) is 24.4 Å². The van der Waals surface area contributed by atoms with Crippen LogP contribution in [0.1, 0.15) is 17.3 Å². The Kier molecular flexibility index (Phi) is 2.46. The molecule has 0 amide bonds. The average molecular weight is 203 g/mol. The third-order valence-electron chi connectivity index (χ3n) is 2.59. The highest BCUT2D eigenvalue weighted by Crippen LogP contribution is 2.24. The Morgan fingerprint density at radius 2 is 2.27 bits per heavy atom. The number of carbonyl (C=O) groups excluding carboxylic acids is 1. The third kappa shape index (κ3) is 1.50. The fourth-order valence-corrected chi connectivity index (χ4v) is 1.78. The fraction of sp³-hybridized carbons (Fsp3) is 0.250. The predicted octanol–water partition coefficient (Wildman–Crippen LogP) is 2.48. The first kappa shape index (κ1) is 9.77. The zero-order chi connectivity index (χ0) is 10.8. The van der Waals surface area contributed by atoms with Crippen LogP contribution in [0.4, 0.5) is 0 Å². The number of hydrogen-bond donors (Lipinski definition) is 0. The van der Waals surface area contributed by atoms with Crippen LogP contribution in [0.5, 0.6) is 5.75 Å². The Morgan fingerprint density at radius 1 is 1.47 bits per heavy atom. The molecule has 0 aliphatic carbocycles. The molecular weight excluding hydrogens is 190 g/mol. The zero-order valence-corrected chi connectivity index (χ0v) is 8.86. The fourth-order valence-electron chi connectivity index (χ4n) is 1.78. The van der Waals surface area contributed by atoms with Crippen molar-refractivity contribution in [2.75, 3.05) is 7.11 Å². The van der Waals surface area contributed by atoms with Gasteiger partial charge in [0, 0.05) is 29.8 Å². The maximum Gasteiger partial charge on any atom is 0.152 e. The van der Waals surface area contributed by atoms with E-state index in [-0.39, 0.29) is 0 Å². The van der Waals surface area contributed by atoms with Crippen molar-refractivity contribution >= 4 is 17.2 Å². The summed E-state index contributed by atoms with van der Waals surface area (Å²) in [6, 6.07) is 5.74. The lowest BCUT2D eigenvalue weighted by molar-refractivity contribution is 0.112. The Balaban J connectivity index is 2.73. The number of methoxy groups -OCH3 is 1. The zero-order valence-electron chi connectivity index (χ0n) is 8.86. The highest BCUT2D eigenvalue weighted by molar-refractivity contribution is 5.98. The molecule has 3 heteroatoms. The van der Waals surface area contributed by atoms with Gasteiger partial charge in [0.05, 0.1) is 12.6 Å². The van der Waals surface area contributed by atoms with Gasteiger partial charge in [-0.25, -0.2) is 0 Å². The number of carbonyl (C=O) groups is 1. The first-order chi connectivity index (χ1) is 7.30. The second kappa shape index (κ2) is 3.77. The van der Waals surface area contributed by atoms with Gasteiger partial charge < -0.3 is 9.30 Å². The minimum atomic E-state index is 0.731. The Hall–Kier alpha value is -1.77. The van der Waals surface area contributed by atoms with Crippen LogP contribution in [0.3, 0.4) is 0 Å². The summed E-state index contributed by atoms with van der Waals surface area (Å²) in [5.74, 6) is 0.813. The standard InChI is InChI=1S/C12H13NO2/c1-3-13-7-9(8-14)11-5-4-10(15-2)6-12(11)13/h4-8H,3H2,1-2H3. The number of aryl methyl sites for hydroxylation is 1. The minimum Gasteiger partial charge on any atom is -0.497 e. The van der Waals surface area contributed by atoms with Crippen molar-refractivity contribution in [2.24, 2.45) is 0 Å². The lowest BCUT2D eigenvalue weighted by Gasteiger charge is -2.02. The first-order valence-electron chi connectivity index (χ1n) is 4.92. The largest absolute Gasteiger partial charge is 0.497 e. The van der Waals surface area contributed by atoms with Crippen LogP contribution in [-0.4, -0.2) is 18.0 Å². The van der Waals surface area contributed by atoms with Crippen LogP contribution < -0.4 is 4.74 Å². The van der Waals surface area contributed by atoms with Crippen LogP contribution in [0.25, 0.3) is 10.9 Å². The predicted molar refractivity (Wildman–Crippen MR) is 59.6 cm³/mol. The first-order valence-corrected chi connectivity index (χ1v) is 4.92. The number of rotatable bonds is 3. The molecule has 0 saturated heterocycles. The molecule has 15 heavy (non-hydrogen) atoms. The van der Waals surface area contributed by atoms with Gasteiger partial charge in [0.15, 0.2) is 6.29 Å². The molecule has 78 valence electrons. The van der Waals surface area contributed by atoms with Gasteiger partial charge in [-0.3, -0.25) is 4.79 Å². The third-order valence-corrected chi connectivity index (χ3v) is 2.59. The molecule has 0 atom stereocenters. The van der Waals surface area contributed by atoms with E-state index in [9.17, 15) is 4.79 Å². The summed E-state index contributed by atoms with van der Waals surface area (Å²) in [4.78, 5) is 10.9. The van der Waals surface area contributed by atoms with Crippen molar-refractivity contribution in [2.45, 2.75) is 13.5 Å². The molecule has 0 radical (unpaired) electrons. The molecule has 0 aliphatic rings. The molecule has 0 aliphatic heterocycles. The molecule has 0 fully saturated rings. The van der Waals surface area contributed by atoms with E-state index in [1.165, 1.54) is 0 Å². The van der Waals surface area contributed by atoms with Gasteiger partial charge in [0.25, 0.3) is 0 Å². The molecule has 1 aromatic carbocycles. The summed E-state index contributed by atoms with van der Waals surface area (Å²) in [6.45, 7) is 2.89. The summed E-state index contributed by atoms with van der Waals surface area (Å²) >= 11 is 0. The Bertz CT molecular complexity index is 500. The second-order valence-corrected chi connectivity index (χ2v) is 3.37. The van der Waals surface area contributed by atoms with E-state index in [1.807, 2.05) is 35.9 Å². The van der Waals surface area contributed by atoms with Gasteiger partial charge in [0.1, 0.15) is 5.75 Å². The summed E-state index contributed by atoms with van der Waals surface area (Å²) in [7, 11) is 1.64. The second-order valence-electron chi connectivity index (χ2n) is 3.37. The maximum atomic E-state index is 10.9. The van der Waals surface area contributed by atoms with Crippen molar-refractivity contribution in [3.63, 3.8) is 0 Å². The summed E-state index contributed by atoms with van der Waals surface area (Å²) in [5.41, 5.74) is 1.77. The number of hydrogen-bond acceptors (Lipinski definition) is 2. The van der Waals surface area contributed by atoms with E-state index in [4.69, 9.17) is 4.74 Å². The van der Waals surface area contributed by atoms with Crippen LogP contribution in [0.2, 0.25) is 0 Å². The van der Waals surface area contributed by atoms with Gasteiger partial charge in [-0.15, -0.1) is 0 Å². The highest BCUT2D eigenvalue weighted by Gasteiger charge is 2.07. The van der Waals surface area contributed by atoms with E-state index < -0.39 is 0 Å². The number of benzene rings is 1. The molecule has 0 N–H and O–H groups in total. The van der Waals surface area contributed by atoms with E-state index in [2.05, 4.69) is 0 Å². The molecule has 1 aromatic heterocycles. The molecule has 0 unspecified atom stereocenters. The molecule has 3 nitrogen and oxygen atoms in total. The van der Waals surface area contributed by atoms with Gasteiger partial charge >= 0.3 is 0 Å². The molecule has 0 saturated carbocycles. The summed E-state index contributed by atoms with van der Waals surface area (Å²) in [5, 5.41) is 0.979. The summed E-state index contributed by atoms with van der Waals surface area (Å²) < 4.78 is 7.21. The van der Waals surface area contributed by atoms with Crippen LogP contribution in [0, 0.1) is 0 Å².